The summed E-state index contributed by atoms with van der Waals surface area (Å²) in [5, 5.41) is 0. The van der Waals surface area contributed by atoms with Crippen LogP contribution >= 0.6 is 0 Å². The Balaban J connectivity index is 1.75. The first-order valence-electron chi connectivity index (χ1n) is 9.68. The van der Waals surface area contributed by atoms with Gasteiger partial charge in [0.05, 0.1) is 24.7 Å². The summed E-state index contributed by atoms with van der Waals surface area (Å²) < 4.78 is 46.1. The number of nitrogens with two attached hydrogens (primary N) is 1. The van der Waals surface area contributed by atoms with Gasteiger partial charge in [-0.25, -0.2) is 18.7 Å². The number of ether oxygens (including phenoxy) is 1. The van der Waals surface area contributed by atoms with Gasteiger partial charge in [-0.1, -0.05) is 0 Å². The maximum absolute atomic E-state index is 13.7. The number of hydrogen-bond acceptors (Lipinski definition) is 6. The molecule has 6 nitrogen and oxygen atoms in total. The molecule has 0 saturated carbocycles. The lowest BCUT2D eigenvalue weighted by atomic mass is 10.2. The average molecular weight is 445 g/mol. The van der Waals surface area contributed by atoms with E-state index in [1.807, 2.05) is 0 Å². The molecule has 1 aliphatic rings. The van der Waals surface area contributed by atoms with E-state index in [4.69, 9.17) is 10.5 Å². The summed E-state index contributed by atoms with van der Waals surface area (Å²) in [6, 6.07) is 11.7. The molecule has 1 fully saturated rings. The molecular formula is C22H22F2N4O2S. The van der Waals surface area contributed by atoms with Crippen LogP contribution in [0.5, 0.6) is 0 Å². The maximum Gasteiger partial charge on any atom is 0.161 e. The van der Waals surface area contributed by atoms with Gasteiger partial charge in [-0.05, 0) is 42.3 Å². The van der Waals surface area contributed by atoms with Crippen molar-refractivity contribution >= 4 is 26.9 Å². The first kappa shape index (κ1) is 21.2. The van der Waals surface area contributed by atoms with Gasteiger partial charge in [0, 0.05) is 50.9 Å². The van der Waals surface area contributed by atoms with Crippen molar-refractivity contribution < 1.29 is 17.7 Å². The molecule has 0 spiro atoms. The summed E-state index contributed by atoms with van der Waals surface area (Å²) in [7, 11) is -3.04. The topological polar surface area (TPSA) is 81.3 Å². The van der Waals surface area contributed by atoms with Gasteiger partial charge in [0.15, 0.2) is 5.82 Å². The van der Waals surface area contributed by atoms with Gasteiger partial charge in [-0.2, -0.15) is 0 Å². The number of nitrogens with zero attached hydrogens (tertiary/aromatic N) is 3. The van der Waals surface area contributed by atoms with Gasteiger partial charge in [0.2, 0.25) is 0 Å². The second-order valence-electron chi connectivity index (χ2n) is 7.32. The maximum atomic E-state index is 13.7. The molecule has 1 unspecified atom stereocenters. The van der Waals surface area contributed by atoms with E-state index >= 15 is 0 Å². The molecule has 0 radical (unpaired) electrons. The summed E-state index contributed by atoms with van der Waals surface area (Å²) in [6.07, 6.45) is 0. The zero-order valence-corrected chi connectivity index (χ0v) is 17.6. The fourth-order valence-electron chi connectivity index (χ4n) is 3.34. The number of nitrogen functional groups attached to an aromatic ring is 1. The molecule has 1 aliphatic heterocycles. The number of morpholine rings is 1. The largest absolute Gasteiger partial charge is 0.399 e. The van der Waals surface area contributed by atoms with Crippen LogP contribution in [0.2, 0.25) is 0 Å². The Bertz CT molecular complexity index is 1170. The van der Waals surface area contributed by atoms with Crippen molar-refractivity contribution in [3.8, 4) is 11.4 Å². The number of aromatic nitrogens is 2. The quantitative estimate of drug-likeness (QED) is 0.481. The molecule has 2 heterocycles. The Morgan fingerprint density at radius 2 is 1.68 bits per heavy atom. The molecule has 0 bridgehead atoms. The van der Waals surface area contributed by atoms with Gasteiger partial charge >= 0.3 is 0 Å². The molecule has 9 heteroatoms. The van der Waals surface area contributed by atoms with E-state index in [0.29, 0.717) is 49.3 Å². The van der Waals surface area contributed by atoms with E-state index in [2.05, 4.69) is 20.7 Å². The summed E-state index contributed by atoms with van der Waals surface area (Å²) >= 11 is 0. The fraction of sp³-hybridized carbons (Fsp3) is 0.227. The third kappa shape index (κ3) is 5.00. The first-order chi connectivity index (χ1) is 14.8. The second kappa shape index (κ2) is 8.60. The van der Waals surface area contributed by atoms with Crippen LogP contribution in [-0.4, -0.2) is 46.4 Å². The van der Waals surface area contributed by atoms with Crippen molar-refractivity contribution in [2.24, 2.45) is 0 Å². The number of halogens is 2. The first-order valence-corrected chi connectivity index (χ1v) is 11.6. The normalized spacial score (nSPS) is 16.1. The Hall–Kier alpha value is -3.04. The van der Waals surface area contributed by atoms with Gasteiger partial charge in [-0.3, -0.25) is 4.21 Å². The molecule has 162 valence electrons. The highest BCUT2D eigenvalue weighted by Gasteiger charge is 2.19. The SMILES string of the molecule is C=S(=O)(Cc1cc(N2CCOCC2)nc(-c2ccc(N)cc2)n1)c1cc(F)cc(F)c1. The lowest BCUT2D eigenvalue weighted by molar-refractivity contribution is 0.122. The average Bonchev–Trinajstić information content (AvgIpc) is 2.74. The fourth-order valence-corrected chi connectivity index (χ4v) is 4.79. The standard InChI is InChI=1S/C22H22F2N4O2S/c1-31(29,20-11-16(23)10-17(24)12-20)14-19-13-21(28-6-8-30-9-7-28)27-22(26-19)15-2-4-18(25)5-3-15/h2-5,10-13H,1,6-9,14,25H2. The van der Waals surface area contributed by atoms with Crippen molar-refractivity contribution in [2.45, 2.75) is 10.6 Å². The van der Waals surface area contributed by atoms with Crippen LogP contribution in [-0.2, 0) is 20.0 Å². The van der Waals surface area contributed by atoms with Crippen LogP contribution in [0, 0.1) is 11.6 Å². The van der Waals surface area contributed by atoms with E-state index in [1.54, 1.807) is 30.3 Å². The van der Waals surface area contributed by atoms with Crippen molar-refractivity contribution in [1.29, 1.82) is 0 Å². The predicted molar refractivity (Wildman–Crippen MR) is 119 cm³/mol. The smallest absolute Gasteiger partial charge is 0.161 e. The highest BCUT2D eigenvalue weighted by molar-refractivity contribution is 7.99. The molecule has 31 heavy (non-hydrogen) atoms. The third-order valence-corrected chi connectivity index (χ3v) is 6.77. The Morgan fingerprint density at radius 3 is 2.32 bits per heavy atom. The number of anilines is 2. The zero-order chi connectivity index (χ0) is 22.0. The van der Waals surface area contributed by atoms with E-state index < -0.39 is 21.2 Å². The number of hydrogen-bond donors (Lipinski definition) is 1. The van der Waals surface area contributed by atoms with Crippen LogP contribution < -0.4 is 10.6 Å². The minimum Gasteiger partial charge on any atom is -0.399 e. The Morgan fingerprint density at radius 1 is 1.03 bits per heavy atom. The molecule has 0 amide bonds. The minimum absolute atomic E-state index is 0.00516. The van der Waals surface area contributed by atoms with E-state index in [1.165, 1.54) is 0 Å². The van der Waals surface area contributed by atoms with E-state index in [0.717, 1.165) is 23.8 Å². The highest BCUT2D eigenvalue weighted by Crippen LogP contribution is 2.25. The zero-order valence-electron chi connectivity index (χ0n) is 16.8. The molecular weight excluding hydrogens is 422 g/mol. The molecule has 4 rings (SSSR count). The molecule has 0 aliphatic carbocycles. The van der Waals surface area contributed by atoms with Crippen LogP contribution in [0.3, 0.4) is 0 Å². The Labute approximate surface area is 179 Å². The van der Waals surface area contributed by atoms with E-state index in [-0.39, 0.29) is 10.6 Å². The summed E-state index contributed by atoms with van der Waals surface area (Å²) in [6.45, 7) is 2.47. The van der Waals surface area contributed by atoms with Crippen molar-refractivity contribution in [1.82, 2.24) is 9.97 Å². The van der Waals surface area contributed by atoms with Crippen LogP contribution in [0.4, 0.5) is 20.3 Å². The van der Waals surface area contributed by atoms with Crippen LogP contribution in [0.1, 0.15) is 5.69 Å². The number of rotatable bonds is 5. The molecule has 2 aromatic carbocycles. The molecule has 1 atom stereocenters. The van der Waals surface area contributed by atoms with Gasteiger partial charge in [0.25, 0.3) is 0 Å². The van der Waals surface area contributed by atoms with Crippen molar-refractivity contribution in [3.05, 3.63) is 65.9 Å². The minimum atomic E-state index is -3.04. The van der Waals surface area contributed by atoms with Crippen LogP contribution in [0.25, 0.3) is 11.4 Å². The molecule has 1 saturated heterocycles. The monoisotopic (exact) mass is 444 g/mol. The van der Waals surface area contributed by atoms with Crippen molar-refractivity contribution in [3.63, 3.8) is 0 Å². The summed E-state index contributed by atoms with van der Waals surface area (Å²) in [4.78, 5) is 11.3. The summed E-state index contributed by atoms with van der Waals surface area (Å²) in [5.41, 5.74) is 7.61. The predicted octanol–water partition coefficient (Wildman–Crippen LogP) is 3.12. The second-order valence-corrected chi connectivity index (χ2v) is 9.71. The third-order valence-electron chi connectivity index (χ3n) is 4.92. The molecule has 3 aromatic rings. The van der Waals surface area contributed by atoms with Gasteiger partial charge in [-0.15, -0.1) is 0 Å². The van der Waals surface area contributed by atoms with Gasteiger partial charge < -0.3 is 15.4 Å². The highest BCUT2D eigenvalue weighted by atomic mass is 32.2. The lowest BCUT2D eigenvalue weighted by Gasteiger charge is -2.28. The number of benzene rings is 2. The molecule has 2 N–H and O–H groups in total. The summed E-state index contributed by atoms with van der Waals surface area (Å²) in [5.74, 6) is 3.18. The van der Waals surface area contributed by atoms with Crippen LogP contribution in [0.15, 0.2) is 53.4 Å². The lowest BCUT2D eigenvalue weighted by Crippen LogP contribution is -2.37. The Kier molecular flexibility index (Phi) is 5.88. The van der Waals surface area contributed by atoms with E-state index in [9.17, 15) is 13.0 Å². The van der Waals surface area contributed by atoms with Gasteiger partial charge in [0.1, 0.15) is 17.5 Å². The van der Waals surface area contributed by atoms with Crippen molar-refractivity contribution in [2.75, 3.05) is 36.9 Å². The molecule has 1 aromatic heterocycles.